The number of rotatable bonds is 6. The van der Waals surface area contributed by atoms with Crippen LogP contribution in [0.4, 0.5) is 5.95 Å². The normalized spacial score (nSPS) is 16.6. The fourth-order valence-electron chi connectivity index (χ4n) is 2.97. The SMILES string of the molecule is CC(C)OC[C@H](O)Cn1c(N2CCOCC2)nc2c1c(=O)[nH]c(=O)n2C. The molecule has 26 heavy (non-hydrogen) atoms. The lowest BCUT2D eigenvalue weighted by Gasteiger charge is -2.28. The summed E-state index contributed by atoms with van der Waals surface area (Å²) in [5.74, 6) is 0.540. The van der Waals surface area contributed by atoms with Gasteiger partial charge in [0.25, 0.3) is 5.56 Å². The lowest BCUT2D eigenvalue weighted by Crippen LogP contribution is -2.39. The van der Waals surface area contributed by atoms with E-state index in [0.717, 1.165) is 0 Å². The number of hydrogen-bond acceptors (Lipinski definition) is 7. The number of hydrogen-bond donors (Lipinski definition) is 2. The van der Waals surface area contributed by atoms with Crippen molar-refractivity contribution in [2.75, 3.05) is 37.8 Å². The molecule has 10 nitrogen and oxygen atoms in total. The first-order valence-electron chi connectivity index (χ1n) is 8.70. The Morgan fingerprint density at radius 3 is 2.65 bits per heavy atom. The highest BCUT2D eigenvalue weighted by molar-refractivity contribution is 5.74. The van der Waals surface area contributed by atoms with Crippen LogP contribution in [0.2, 0.25) is 0 Å². The molecule has 1 aliphatic rings. The predicted octanol–water partition coefficient (Wildman–Crippen LogP) is -0.954. The molecule has 3 heterocycles. The zero-order chi connectivity index (χ0) is 18.8. The molecule has 0 amide bonds. The fourth-order valence-corrected chi connectivity index (χ4v) is 2.97. The van der Waals surface area contributed by atoms with Crippen LogP contribution in [0.1, 0.15) is 13.8 Å². The highest BCUT2D eigenvalue weighted by Crippen LogP contribution is 2.21. The average molecular weight is 367 g/mol. The molecular formula is C16H25N5O5. The molecule has 10 heteroatoms. The highest BCUT2D eigenvalue weighted by Gasteiger charge is 2.24. The number of aromatic nitrogens is 4. The third-order valence-electron chi connectivity index (χ3n) is 4.30. The summed E-state index contributed by atoms with van der Waals surface area (Å²) < 4.78 is 13.8. The minimum absolute atomic E-state index is 0.00730. The third-order valence-corrected chi connectivity index (χ3v) is 4.30. The van der Waals surface area contributed by atoms with Crippen molar-refractivity contribution < 1.29 is 14.6 Å². The summed E-state index contributed by atoms with van der Waals surface area (Å²) >= 11 is 0. The maximum absolute atomic E-state index is 12.4. The molecule has 0 unspecified atom stereocenters. The van der Waals surface area contributed by atoms with Crippen LogP contribution >= 0.6 is 0 Å². The summed E-state index contributed by atoms with van der Waals surface area (Å²) in [6.45, 7) is 6.40. The van der Waals surface area contributed by atoms with Crippen molar-refractivity contribution >= 4 is 17.1 Å². The number of H-pyrrole nitrogens is 1. The second-order valence-electron chi connectivity index (χ2n) is 6.65. The number of aliphatic hydroxyl groups is 1. The number of nitrogens with zero attached hydrogens (tertiary/aromatic N) is 4. The largest absolute Gasteiger partial charge is 0.389 e. The van der Waals surface area contributed by atoms with Crippen LogP contribution in [0.15, 0.2) is 9.59 Å². The van der Waals surface area contributed by atoms with E-state index in [4.69, 9.17) is 9.47 Å². The number of imidazole rings is 1. The van der Waals surface area contributed by atoms with Gasteiger partial charge in [0, 0.05) is 20.1 Å². The van der Waals surface area contributed by atoms with Crippen molar-refractivity contribution in [1.29, 1.82) is 0 Å². The molecule has 1 aliphatic heterocycles. The van der Waals surface area contributed by atoms with E-state index in [1.54, 1.807) is 11.6 Å². The Kier molecular flexibility index (Phi) is 5.44. The number of aliphatic hydroxyl groups excluding tert-OH is 1. The number of anilines is 1. The van der Waals surface area contributed by atoms with E-state index in [1.165, 1.54) is 4.57 Å². The van der Waals surface area contributed by atoms with Crippen molar-refractivity contribution in [2.24, 2.45) is 7.05 Å². The van der Waals surface area contributed by atoms with Gasteiger partial charge >= 0.3 is 5.69 Å². The highest BCUT2D eigenvalue weighted by atomic mass is 16.5. The van der Waals surface area contributed by atoms with E-state index in [9.17, 15) is 14.7 Å². The number of ether oxygens (including phenoxy) is 2. The minimum Gasteiger partial charge on any atom is -0.389 e. The molecule has 0 saturated carbocycles. The number of aromatic amines is 1. The molecule has 2 aromatic rings. The molecule has 0 spiro atoms. The summed E-state index contributed by atoms with van der Waals surface area (Å²) in [6.07, 6.45) is -0.821. The first-order chi connectivity index (χ1) is 12.4. The van der Waals surface area contributed by atoms with Crippen molar-refractivity contribution in [3.63, 3.8) is 0 Å². The van der Waals surface area contributed by atoms with Gasteiger partial charge in [0.2, 0.25) is 5.95 Å². The summed E-state index contributed by atoms with van der Waals surface area (Å²) in [4.78, 5) is 33.2. The monoisotopic (exact) mass is 367 g/mol. The summed E-state index contributed by atoms with van der Waals surface area (Å²) in [5.41, 5.74) is -0.495. The number of morpholine rings is 1. The molecule has 3 rings (SSSR count). The van der Waals surface area contributed by atoms with Crippen LogP contribution in [0.3, 0.4) is 0 Å². The Morgan fingerprint density at radius 1 is 1.31 bits per heavy atom. The van der Waals surface area contributed by atoms with Crippen LogP contribution in [0.25, 0.3) is 11.2 Å². The zero-order valence-corrected chi connectivity index (χ0v) is 15.3. The number of aryl methyl sites for hydroxylation is 1. The van der Waals surface area contributed by atoms with Gasteiger partial charge in [0.15, 0.2) is 11.2 Å². The maximum Gasteiger partial charge on any atom is 0.329 e. The number of fused-ring (bicyclic) bond motifs is 1. The van der Waals surface area contributed by atoms with Gasteiger partial charge < -0.3 is 24.0 Å². The molecule has 1 saturated heterocycles. The van der Waals surface area contributed by atoms with Gasteiger partial charge in [0.05, 0.1) is 38.6 Å². The molecule has 2 N–H and O–H groups in total. The second kappa shape index (κ2) is 7.60. The first kappa shape index (κ1) is 18.6. The van der Waals surface area contributed by atoms with Crippen LogP contribution < -0.4 is 16.1 Å². The van der Waals surface area contributed by atoms with Crippen LogP contribution in [-0.4, -0.2) is 69.3 Å². The molecule has 2 aromatic heterocycles. The molecule has 0 aliphatic carbocycles. The van der Waals surface area contributed by atoms with E-state index in [0.29, 0.717) is 32.3 Å². The maximum atomic E-state index is 12.4. The topological polar surface area (TPSA) is 115 Å². The second-order valence-corrected chi connectivity index (χ2v) is 6.65. The first-order valence-corrected chi connectivity index (χ1v) is 8.70. The Labute approximate surface area is 150 Å². The Bertz CT molecular complexity index is 878. The summed E-state index contributed by atoms with van der Waals surface area (Å²) in [5, 5.41) is 10.4. The van der Waals surface area contributed by atoms with Gasteiger partial charge in [-0.2, -0.15) is 4.98 Å². The molecule has 0 radical (unpaired) electrons. The molecule has 0 bridgehead atoms. The van der Waals surface area contributed by atoms with E-state index in [-0.39, 0.29) is 30.4 Å². The van der Waals surface area contributed by atoms with Gasteiger partial charge in [0.1, 0.15) is 0 Å². The fraction of sp³-hybridized carbons (Fsp3) is 0.688. The average Bonchev–Trinajstić information content (AvgIpc) is 2.98. The van der Waals surface area contributed by atoms with E-state index in [2.05, 4.69) is 9.97 Å². The molecule has 1 fully saturated rings. The number of nitrogens with one attached hydrogen (secondary N) is 1. The Balaban J connectivity index is 2.06. The van der Waals surface area contributed by atoms with Crippen LogP contribution in [0, 0.1) is 0 Å². The molecule has 1 atom stereocenters. The van der Waals surface area contributed by atoms with Crippen molar-refractivity contribution in [1.82, 2.24) is 19.1 Å². The van der Waals surface area contributed by atoms with Crippen LogP contribution in [-0.2, 0) is 23.1 Å². The Hall–Kier alpha value is -2.17. The smallest absolute Gasteiger partial charge is 0.329 e. The minimum atomic E-state index is -0.814. The lowest BCUT2D eigenvalue weighted by atomic mass is 10.3. The summed E-state index contributed by atoms with van der Waals surface area (Å²) in [6, 6.07) is 0. The van der Waals surface area contributed by atoms with Gasteiger partial charge in [-0.15, -0.1) is 0 Å². The van der Waals surface area contributed by atoms with E-state index < -0.39 is 17.4 Å². The molecular weight excluding hydrogens is 342 g/mol. The zero-order valence-electron chi connectivity index (χ0n) is 15.3. The van der Waals surface area contributed by atoms with Gasteiger partial charge in [-0.05, 0) is 13.8 Å². The van der Waals surface area contributed by atoms with E-state index in [1.807, 2.05) is 18.7 Å². The third kappa shape index (κ3) is 3.67. The Morgan fingerprint density at radius 2 is 2.00 bits per heavy atom. The van der Waals surface area contributed by atoms with Crippen molar-refractivity contribution in [3.05, 3.63) is 20.8 Å². The van der Waals surface area contributed by atoms with Crippen LogP contribution in [0.5, 0.6) is 0 Å². The molecule has 144 valence electrons. The standard InChI is InChI=1S/C16H25N5O5/c1-10(2)26-9-11(22)8-21-12-13(19(3)16(24)18-14(12)23)17-15(21)20-4-6-25-7-5-20/h10-11,22H,4-9H2,1-3H3,(H,18,23,24)/t11-/m1/s1. The van der Waals surface area contributed by atoms with Gasteiger partial charge in [-0.25, -0.2) is 4.79 Å². The van der Waals surface area contributed by atoms with Crippen molar-refractivity contribution in [2.45, 2.75) is 32.6 Å². The quantitative estimate of drug-likeness (QED) is 0.676. The predicted molar refractivity (Wildman–Crippen MR) is 95.7 cm³/mol. The lowest BCUT2D eigenvalue weighted by molar-refractivity contribution is -0.000243. The van der Waals surface area contributed by atoms with Crippen molar-refractivity contribution in [3.8, 4) is 0 Å². The summed E-state index contributed by atoms with van der Waals surface area (Å²) in [7, 11) is 1.55. The van der Waals surface area contributed by atoms with Gasteiger partial charge in [-0.3, -0.25) is 14.3 Å². The molecule has 0 aromatic carbocycles. The van der Waals surface area contributed by atoms with Gasteiger partial charge in [-0.1, -0.05) is 0 Å². The van der Waals surface area contributed by atoms with E-state index >= 15 is 0 Å².